The third-order valence-corrected chi connectivity index (χ3v) is 7.40. The van der Waals surface area contributed by atoms with E-state index in [4.69, 9.17) is 16.3 Å². The van der Waals surface area contributed by atoms with Gasteiger partial charge in [0.15, 0.2) is 0 Å². The Labute approximate surface area is 204 Å². The number of nitrogens with zero attached hydrogens (tertiary/aromatic N) is 2. The topological polar surface area (TPSA) is 66.9 Å². The summed E-state index contributed by atoms with van der Waals surface area (Å²) in [7, 11) is 1.53. The molecular weight excluding hydrogens is 472 g/mol. The van der Waals surface area contributed by atoms with Gasteiger partial charge in [-0.3, -0.25) is 24.2 Å². The molecule has 0 saturated heterocycles. The van der Waals surface area contributed by atoms with Gasteiger partial charge >= 0.3 is 0 Å². The van der Waals surface area contributed by atoms with Crippen LogP contribution in [0.1, 0.15) is 36.0 Å². The summed E-state index contributed by atoms with van der Waals surface area (Å²) < 4.78 is 6.22. The zero-order valence-electron chi connectivity index (χ0n) is 18.4. The number of carbonyl (C=O) groups excluding carboxylic acids is 3. The largest absolute Gasteiger partial charge is 0.497 e. The number of rotatable bonds is 5. The van der Waals surface area contributed by atoms with Gasteiger partial charge in [-0.1, -0.05) is 41.9 Å². The van der Waals surface area contributed by atoms with Gasteiger partial charge < -0.3 is 4.74 Å². The van der Waals surface area contributed by atoms with E-state index in [0.29, 0.717) is 32.5 Å². The minimum atomic E-state index is -0.445. The van der Waals surface area contributed by atoms with Crippen LogP contribution in [0, 0.1) is 6.92 Å². The second-order valence-electron chi connectivity index (χ2n) is 7.90. The summed E-state index contributed by atoms with van der Waals surface area (Å²) in [4.78, 5) is 42.7. The Balaban J connectivity index is 1.58. The van der Waals surface area contributed by atoms with Crippen molar-refractivity contribution in [3.63, 3.8) is 0 Å². The fraction of sp³-hybridized carbons (Fsp3) is 0.115. The summed E-state index contributed by atoms with van der Waals surface area (Å²) >= 11 is 7.92. The summed E-state index contributed by atoms with van der Waals surface area (Å²) in [5.41, 5.74) is 2.17. The van der Waals surface area contributed by atoms with Crippen molar-refractivity contribution >= 4 is 56.4 Å². The molecule has 0 bridgehead atoms. The molecular formula is C26H19ClN2O4S. The molecule has 0 saturated carbocycles. The van der Waals surface area contributed by atoms with Crippen LogP contribution in [0.5, 0.6) is 5.75 Å². The normalized spacial score (nSPS) is 12.9. The Morgan fingerprint density at radius 1 is 1.00 bits per heavy atom. The lowest BCUT2D eigenvalue weighted by Crippen LogP contribution is -2.44. The average molecular weight is 491 g/mol. The molecule has 0 spiro atoms. The first-order chi connectivity index (χ1) is 16.4. The first kappa shape index (κ1) is 22.1. The number of benzene rings is 3. The molecule has 34 heavy (non-hydrogen) atoms. The first-order valence-corrected chi connectivity index (χ1v) is 11.7. The molecule has 0 radical (unpaired) electrons. The molecule has 5 rings (SSSR count). The highest BCUT2D eigenvalue weighted by atomic mass is 35.5. The minimum Gasteiger partial charge on any atom is -0.497 e. The number of methoxy groups -OCH3 is 1. The number of thiophene rings is 1. The molecule has 1 aliphatic rings. The van der Waals surface area contributed by atoms with Gasteiger partial charge in [0.2, 0.25) is 0 Å². The van der Waals surface area contributed by atoms with Crippen molar-refractivity contribution in [3.8, 4) is 5.75 Å². The maximum atomic E-state index is 13.9. The van der Waals surface area contributed by atoms with Crippen molar-refractivity contribution in [2.75, 3.05) is 18.7 Å². The van der Waals surface area contributed by atoms with Gasteiger partial charge in [0.05, 0.1) is 23.3 Å². The molecule has 3 amide bonds. The lowest BCUT2D eigenvalue weighted by Gasteiger charge is -2.27. The van der Waals surface area contributed by atoms with Crippen LogP contribution in [0.2, 0.25) is 5.02 Å². The van der Waals surface area contributed by atoms with Crippen molar-refractivity contribution in [2.24, 2.45) is 0 Å². The Morgan fingerprint density at radius 2 is 1.71 bits per heavy atom. The summed E-state index contributed by atoms with van der Waals surface area (Å²) in [5, 5.41) is 1.13. The predicted molar refractivity (Wildman–Crippen MR) is 133 cm³/mol. The molecule has 170 valence electrons. The molecule has 1 aromatic heterocycles. The third kappa shape index (κ3) is 3.63. The van der Waals surface area contributed by atoms with Crippen LogP contribution in [0.3, 0.4) is 0 Å². The van der Waals surface area contributed by atoms with Crippen LogP contribution in [0.4, 0.5) is 5.69 Å². The number of carbonyl (C=O) groups is 3. The lowest BCUT2D eigenvalue weighted by molar-refractivity contribution is 0.0650. The highest BCUT2D eigenvalue weighted by molar-refractivity contribution is 7.21. The van der Waals surface area contributed by atoms with Crippen LogP contribution < -0.4 is 9.64 Å². The second kappa shape index (κ2) is 8.59. The van der Waals surface area contributed by atoms with Gasteiger partial charge in [-0.2, -0.15) is 0 Å². The average Bonchev–Trinajstić information content (AvgIpc) is 3.30. The van der Waals surface area contributed by atoms with Crippen molar-refractivity contribution < 1.29 is 19.1 Å². The van der Waals surface area contributed by atoms with E-state index in [2.05, 4.69) is 0 Å². The quantitative estimate of drug-likeness (QED) is 0.333. The highest BCUT2D eigenvalue weighted by Crippen LogP contribution is 2.38. The molecule has 0 fully saturated rings. The Morgan fingerprint density at radius 3 is 2.38 bits per heavy atom. The number of imide groups is 1. The molecule has 0 unspecified atom stereocenters. The Kier molecular flexibility index (Phi) is 5.59. The molecule has 2 heterocycles. The van der Waals surface area contributed by atoms with Crippen LogP contribution in [0.15, 0.2) is 66.7 Å². The van der Waals surface area contributed by atoms with E-state index in [-0.39, 0.29) is 6.67 Å². The maximum Gasteiger partial charge on any atom is 0.271 e. The van der Waals surface area contributed by atoms with Gasteiger partial charge in [0.1, 0.15) is 17.3 Å². The van der Waals surface area contributed by atoms with E-state index in [9.17, 15) is 14.4 Å². The number of aryl methyl sites for hydroxylation is 1. The number of anilines is 1. The van der Waals surface area contributed by atoms with E-state index in [0.717, 1.165) is 20.5 Å². The zero-order chi connectivity index (χ0) is 24.0. The first-order valence-electron chi connectivity index (χ1n) is 10.5. The van der Waals surface area contributed by atoms with Crippen LogP contribution >= 0.6 is 22.9 Å². The van der Waals surface area contributed by atoms with Crippen LogP contribution in [-0.4, -0.2) is 36.4 Å². The summed E-state index contributed by atoms with van der Waals surface area (Å²) in [6, 6.07) is 19.3. The number of hydrogen-bond donors (Lipinski definition) is 0. The Hall–Kier alpha value is -3.68. The summed E-state index contributed by atoms with van der Waals surface area (Å²) in [6.07, 6.45) is 0. The molecule has 8 heteroatoms. The zero-order valence-corrected chi connectivity index (χ0v) is 19.9. The van der Waals surface area contributed by atoms with Gasteiger partial charge in [-0.05, 0) is 42.8 Å². The molecule has 0 atom stereocenters. The summed E-state index contributed by atoms with van der Waals surface area (Å²) in [6.45, 7) is 1.71. The summed E-state index contributed by atoms with van der Waals surface area (Å²) in [5.74, 6) is -0.761. The molecule has 4 aromatic rings. The number of hydrogen-bond acceptors (Lipinski definition) is 5. The predicted octanol–water partition coefficient (Wildman–Crippen LogP) is 5.77. The Bertz CT molecular complexity index is 1440. The van der Waals surface area contributed by atoms with E-state index in [1.807, 2.05) is 25.1 Å². The lowest BCUT2D eigenvalue weighted by atomic mass is 10.1. The fourth-order valence-corrected chi connectivity index (χ4v) is 5.54. The van der Waals surface area contributed by atoms with Gasteiger partial charge in [0.25, 0.3) is 17.7 Å². The van der Waals surface area contributed by atoms with Crippen LogP contribution in [0.25, 0.3) is 10.1 Å². The molecule has 1 aliphatic heterocycles. The maximum absolute atomic E-state index is 13.9. The van der Waals surface area contributed by atoms with E-state index in [1.54, 1.807) is 48.5 Å². The van der Waals surface area contributed by atoms with Crippen LogP contribution in [-0.2, 0) is 0 Å². The SMILES string of the molecule is COc1cccc(N(CN2C(=O)c3ccccc3C2=O)C(=O)c2sc3cc(C)ccc3c2Cl)c1. The number of fused-ring (bicyclic) bond motifs is 2. The van der Waals surface area contributed by atoms with Crippen molar-refractivity contribution in [2.45, 2.75) is 6.92 Å². The van der Waals surface area contributed by atoms with Gasteiger partial charge in [-0.15, -0.1) is 11.3 Å². The van der Waals surface area contributed by atoms with Gasteiger partial charge in [-0.25, -0.2) is 0 Å². The van der Waals surface area contributed by atoms with E-state index in [1.165, 1.54) is 23.3 Å². The smallest absolute Gasteiger partial charge is 0.271 e. The van der Waals surface area contributed by atoms with Gasteiger partial charge in [0, 0.05) is 21.8 Å². The molecule has 0 aliphatic carbocycles. The number of halogens is 1. The monoisotopic (exact) mass is 490 g/mol. The van der Waals surface area contributed by atoms with E-state index < -0.39 is 17.7 Å². The number of ether oxygens (including phenoxy) is 1. The fourth-order valence-electron chi connectivity index (χ4n) is 3.98. The third-order valence-electron chi connectivity index (χ3n) is 5.75. The van der Waals surface area contributed by atoms with Crippen molar-refractivity contribution in [1.82, 2.24) is 4.90 Å². The minimum absolute atomic E-state index is 0.262. The van der Waals surface area contributed by atoms with E-state index >= 15 is 0 Å². The molecule has 3 aromatic carbocycles. The molecule has 6 nitrogen and oxygen atoms in total. The second-order valence-corrected chi connectivity index (χ2v) is 9.33. The highest BCUT2D eigenvalue weighted by Gasteiger charge is 2.38. The molecule has 0 N–H and O–H groups in total. The number of amides is 3. The standard InChI is InChI=1S/C26H19ClN2O4S/c1-15-10-11-20-21(12-15)34-23(22(20)27)26(32)28(16-6-5-7-17(13-16)33-2)14-29-24(30)18-8-3-4-9-19(18)25(29)31/h3-13H,14H2,1-2H3. The van der Waals surface area contributed by atoms with Crippen molar-refractivity contribution in [3.05, 3.63) is 93.3 Å². The van der Waals surface area contributed by atoms with Crippen molar-refractivity contribution in [1.29, 1.82) is 0 Å².